The lowest BCUT2D eigenvalue weighted by Gasteiger charge is -2.26. The van der Waals surface area contributed by atoms with Crippen molar-refractivity contribution in [2.75, 3.05) is 47.5 Å². The Bertz CT molecular complexity index is 1750. The van der Waals surface area contributed by atoms with Crippen molar-refractivity contribution < 1.29 is 42.9 Å². The molecule has 0 amide bonds. The number of likely N-dealkylation sites (N-methyl/N-ethyl adjacent to an activating group) is 1. The summed E-state index contributed by atoms with van der Waals surface area (Å²) in [4.78, 5) is 37.6. The number of quaternary nitrogens is 1. The van der Waals surface area contributed by atoms with Crippen LogP contribution in [0.1, 0.15) is 412 Å². The van der Waals surface area contributed by atoms with Crippen LogP contribution < -0.4 is 5.11 Å². The molecule has 0 aromatic carbocycles. The van der Waals surface area contributed by atoms with E-state index in [4.69, 9.17) is 18.9 Å². The fraction of sp³-hybridized carbons (Fsp3) is 0.849. The third-order valence-electron chi connectivity index (χ3n) is 18.7. The Morgan fingerprint density at radius 3 is 0.842 bits per heavy atom. The van der Waals surface area contributed by atoms with Gasteiger partial charge in [0.2, 0.25) is 0 Å². The first-order valence-corrected chi connectivity index (χ1v) is 41.4. The molecule has 0 fully saturated rings. The SMILES string of the molecule is CCCCCCC/C=C\C/C=C\C/C=C\CCCCCCCCCCCCCCCCC(=O)OC(COC(=O)CCCCCCCCCCCCCCCCCCCCCCCCCCCCCCC/C=C\C/C=C\CCCCCCC)COC(OCC[N+](C)(C)C)C(=O)[O-]. The summed E-state index contributed by atoms with van der Waals surface area (Å²) in [6.07, 6.45) is 99.3. The van der Waals surface area contributed by atoms with Gasteiger partial charge in [0, 0.05) is 12.8 Å². The second kappa shape index (κ2) is 76.7. The van der Waals surface area contributed by atoms with Crippen molar-refractivity contribution in [1.82, 2.24) is 0 Å². The first-order chi connectivity index (χ1) is 46.6. The van der Waals surface area contributed by atoms with E-state index in [9.17, 15) is 19.5 Å². The molecule has 9 nitrogen and oxygen atoms in total. The summed E-state index contributed by atoms with van der Waals surface area (Å²) in [7, 11) is 5.95. The van der Waals surface area contributed by atoms with Crippen LogP contribution in [0.25, 0.3) is 0 Å². The second-order valence-electron chi connectivity index (χ2n) is 29.4. The summed E-state index contributed by atoms with van der Waals surface area (Å²) in [5, 5.41) is 11.9. The molecule has 0 saturated carbocycles. The largest absolute Gasteiger partial charge is 0.545 e. The number of rotatable bonds is 78. The molecular formula is C86H159NO8. The molecule has 0 aliphatic heterocycles. The van der Waals surface area contributed by atoms with E-state index in [0.717, 1.165) is 51.4 Å². The smallest absolute Gasteiger partial charge is 0.306 e. The highest BCUT2D eigenvalue weighted by Gasteiger charge is 2.22. The zero-order valence-corrected chi connectivity index (χ0v) is 63.8. The van der Waals surface area contributed by atoms with E-state index in [1.165, 1.54) is 327 Å². The predicted octanol–water partition coefficient (Wildman–Crippen LogP) is 25.3. The molecule has 2 unspecified atom stereocenters. The van der Waals surface area contributed by atoms with Gasteiger partial charge in [0.15, 0.2) is 12.4 Å². The number of aliphatic carboxylic acids is 1. The van der Waals surface area contributed by atoms with Crippen molar-refractivity contribution in [3.8, 4) is 0 Å². The van der Waals surface area contributed by atoms with Crippen LogP contribution in [0.4, 0.5) is 0 Å². The fourth-order valence-corrected chi connectivity index (χ4v) is 12.4. The minimum Gasteiger partial charge on any atom is -0.545 e. The van der Waals surface area contributed by atoms with Crippen LogP contribution in [-0.4, -0.2) is 82.3 Å². The number of hydrogen-bond donors (Lipinski definition) is 0. The van der Waals surface area contributed by atoms with E-state index >= 15 is 0 Å². The average molecular weight is 1340 g/mol. The molecule has 0 aliphatic carbocycles. The van der Waals surface area contributed by atoms with Crippen LogP contribution in [0.15, 0.2) is 60.8 Å². The molecule has 0 bridgehead atoms. The molecule has 0 rings (SSSR count). The highest BCUT2D eigenvalue weighted by Crippen LogP contribution is 2.20. The van der Waals surface area contributed by atoms with Gasteiger partial charge < -0.3 is 33.3 Å². The Kier molecular flexibility index (Phi) is 74.3. The van der Waals surface area contributed by atoms with Gasteiger partial charge in [-0.2, -0.15) is 0 Å². The van der Waals surface area contributed by atoms with E-state index in [0.29, 0.717) is 23.9 Å². The Balaban J connectivity index is 3.93. The van der Waals surface area contributed by atoms with Crippen LogP contribution in [0.2, 0.25) is 0 Å². The lowest BCUT2D eigenvalue weighted by atomic mass is 10.0. The van der Waals surface area contributed by atoms with Gasteiger partial charge in [0.05, 0.1) is 40.3 Å². The Morgan fingerprint density at radius 1 is 0.316 bits per heavy atom. The van der Waals surface area contributed by atoms with Crippen molar-refractivity contribution in [2.24, 2.45) is 0 Å². The van der Waals surface area contributed by atoms with Crippen LogP contribution in [0, 0.1) is 0 Å². The topological polar surface area (TPSA) is 111 Å². The highest BCUT2D eigenvalue weighted by molar-refractivity contribution is 5.70. The molecule has 0 spiro atoms. The lowest BCUT2D eigenvalue weighted by Crippen LogP contribution is -2.44. The lowest BCUT2D eigenvalue weighted by molar-refractivity contribution is -0.870. The molecule has 95 heavy (non-hydrogen) atoms. The van der Waals surface area contributed by atoms with Crippen molar-refractivity contribution >= 4 is 17.9 Å². The number of ether oxygens (including phenoxy) is 4. The van der Waals surface area contributed by atoms with Crippen molar-refractivity contribution in [1.29, 1.82) is 0 Å². The van der Waals surface area contributed by atoms with Crippen molar-refractivity contribution in [3.05, 3.63) is 60.8 Å². The molecule has 2 atom stereocenters. The van der Waals surface area contributed by atoms with Gasteiger partial charge in [-0.05, 0) is 83.5 Å². The van der Waals surface area contributed by atoms with E-state index in [-0.39, 0.29) is 32.2 Å². The van der Waals surface area contributed by atoms with Crippen LogP contribution in [0.5, 0.6) is 0 Å². The zero-order valence-electron chi connectivity index (χ0n) is 63.8. The van der Waals surface area contributed by atoms with E-state index in [1.54, 1.807) is 0 Å². The molecule has 0 radical (unpaired) electrons. The van der Waals surface area contributed by atoms with E-state index in [2.05, 4.69) is 74.6 Å². The highest BCUT2D eigenvalue weighted by atomic mass is 16.7. The van der Waals surface area contributed by atoms with Gasteiger partial charge in [-0.3, -0.25) is 9.59 Å². The number of nitrogens with zero attached hydrogens (tertiary/aromatic N) is 1. The third-order valence-corrected chi connectivity index (χ3v) is 18.7. The molecule has 0 saturated heterocycles. The summed E-state index contributed by atoms with van der Waals surface area (Å²) >= 11 is 0. The third kappa shape index (κ3) is 78.2. The standard InChI is InChI=1S/C86H159NO8/c1-6-8-10-12-14-16-18-20-22-24-26-28-30-32-34-36-37-38-39-40-41-42-43-44-45-46-47-49-50-52-54-56-58-60-62-64-66-68-70-72-74-76-83(88)93-80-82(81-94-86(85(90)91)92-79-78-87(3,4)5)95-84(89)77-75-73-71-69-67-65-63-61-59-57-55-53-51-48-35-33-31-29-27-25-23-21-19-17-15-13-11-9-7-2/h18-21,24-27,31,33,82,86H,6-17,22-23,28-30,32,34-81H2,1-5H3/b20-18-,21-19-,26-24-,27-25-,33-31-. The van der Waals surface area contributed by atoms with Crippen molar-refractivity contribution in [3.63, 3.8) is 0 Å². The minimum atomic E-state index is -1.62. The molecule has 0 aromatic heterocycles. The second-order valence-corrected chi connectivity index (χ2v) is 29.4. The summed E-state index contributed by atoms with van der Waals surface area (Å²) in [6.45, 7) is 4.79. The maximum Gasteiger partial charge on any atom is 0.306 e. The Hall–Kier alpha value is -3.01. The van der Waals surface area contributed by atoms with Gasteiger partial charge in [-0.15, -0.1) is 0 Å². The normalized spacial score (nSPS) is 12.9. The van der Waals surface area contributed by atoms with Crippen molar-refractivity contribution in [2.45, 2.75) is 424 Å². The number of allylic oxidation sites excluding steroid dienone is 10. The van der Waals surface area contributed by atoms with Gasteiger partial charge in [-0.25, -0.2) is 0 Å². The zero-order chi connectivity index (χ0) is 69.0. The number of unbranched alkanes of at least 4 members (excludes halogenated alkanes) is 53. The summed E-state index contributed by atoms with van der Waals surface area (Å²) in [6, 6.07) is 0. The molecule has 9 heteroatoms. The molecule has 0 aliphatic rings. The minimum absolute atomic E-state index is 0.149. The first kappa shape index (κ1) is 92.0. The fourth-order valence-electron chi connectivity index (χ4n) is 12.4. The molecule has 0 aromatic rings. The quantitative estimate of drug-likeness (QED) is 0.0195. The molecular weight excluding hydrogens is 1170 g/mol. The summed E-state index contributed by atoms with van der Waals surface area (Å²) in [5.74, 6) is -2.26. The van der Waals surface area contributed by atoms with E-state index < -0.39 is 24.3 Å². The summed E-state index contributed by atoms with van der Waals surface area (Å²) < 4.78 is 22.9. The molecule has 0 N–H and O–H groups in total. The first-order valence-electron chi connectivity index (χ1n) is 41.4. The van der Waals surface area contributed by atoms with Gasteiger partial charge in [0.25, 0.3) is 0 Å². The number of esters is 2. The maximum absolute atomic E-state index is 13.0. The molecule has 0 heterocycles. The molecule has 556 valence electrons. The Labute approximate surface area is 590 Å². The van der Waals surface area contributed by atoms with Crippen LogP contribution >= 0.6 is 0 Å². The Morgan fingerprint density at radius 2 is 0.568 bits per heavy atom. The maximum atomic E-state index is 13.0. The summed E-state index contributed by atoms with van der Waals surface area (Å²) in [5.41, 5.74) is 0. The average Bonchev–Trinajstić information content (AvgIpc) is 2.86. The van der Waals surface area contributed by atoms with Gasteiger partial charge in [0.1, 0.15) is 13.2 Å². The van der Waals surface area contributed by atoms with Gasteiger partial charge in [-0.1, -0.05) is 376 Å². The number of carboxylic acids is 1. The predicted molar refractivity (Wildman–Crippen MR) is 408 cm³/mol. The van der Waals surface area contributed by atoms with Crippen LogP contribution in [0.3, 0.4) is 0 Å². The number of carbonyl (C=O) groups is 3. The van der Waals surface area contributed by atoms with E-state index in [1.807, 2.05) is 21.1 Å². The number of carbonyl (C=O) groups excluding carboxylic acids is 3. The monoisotopic (exact) mass is 1330 g/mol. The van der Waals surface area contributed by atoms with Crippen LogP contribution in [-0.2, 0) is 33.3 Å². The number of hydrogen-bond acceptors (Lipinski definition) is 8. The number of carboxylic acid groups (broad SMARTS) is 1. The van der Waals surface area contributed by atoms with Gasteiger partial charge >= 0.3 is 11.9 Å².